The fourth-order valence-corrected chi connectivity index (χ4v) is 9.82. The van der Waals surface area contributed by atoms with E-state index in [1.54, 1.807) is 30.0 Å². The van der Waals surface area contributed by atoms with Crippen LogP contribution in [-0.4, -0.2) is 83.2 Å². The second-order valence-electron chi connectivity index (χ2n) is 16.3. The number of oxime groups is 1. The van der Waals surface area contributed by atoms with Crippen molar-refractivity contribution in [3.63, 3.8) is 0 Å². The fraction of sp³-hybridized carbons (Fsp3) is 0.408. The number of nitro groups is 1. The van der Waals surface area contributed by atoms with Crippen molar-refractivity contribution < 1.29 is 48.5 Å². The van der Waals surface area contributed by atoms with Crippen molar-refractivity contribution in [1.29, 1.82) is 0 Å². The number of carbonyl (C=O) groups excluding carboxylic acids is 2. The number of allylic oxidation sites excluding steroid dienone is 1. The molecule has 6 atom stereocenters. The lowest BCUT2D eigenvalue weighted by Gasteiger charge is -2.59. The van der Waals surface area contributed by atoms with E-state index in [2.05, 4.69) is 23.1 Å². The predicted octanol–water partition coefficient (Wildman–Crippen LogP) is 8.82. The zero-order chi connectivity index (χ0) is 45.2. The summed E-state index contributed by atoms with van der Waals surface area (Å²) in [6.07, 6.45) is 6.74. The minimum atomic E-state index is -1.61. The summed E-state index contributed by atoms with van der Waals surface area (Å²) in [6.45, 7) is 6.34. The summed E-state index contributed by atoms with van der Waals surface area (Å²) in [5.74, 6) is -1.83. The van der Waals surface area contributed by atoms with Crippen LogP contribution in [0.5, 0.6) is 17.2 Å². The van der Waals surface area contributed by atoms with E-state index in [1.807, 2.05) is 48.5 Å². The number of amides is 2. The maximum Gasteiger partial charge on any atom is 0.416 e. The van der Waals surface area contributed by atoms with Crippen molar-refractivity contribution in [1.82, 2.24) is 10.2 Å². The Balaban J connectivity index is 1.46. The number of benzene rings is 4. The van der Waals surface area contributed by atoms with Crippen LogP contribution in [0.3, 0.4) is 0 Å². The van der Waals surface area contributed by atoms with Crippen molar-refractivity contribution in [3.8, 4) is 17.2 Å². The molecule has 0 bridgehead atoms. The Kier molecular flexibility index (Phi) is 15.0. The summed E-state index contributed by atoms with van der Waals surface area (Å²) in [6, 6.07) is 23.4. The minimum absolute atomic E-state index is 0.0185. The quantitative estimate of drug-likeness (QED) is 0.0353. The number of nitrogens with zero attached hydrogens (tertiary/aromatic N) is 3. The van der Waals surface area contributed by atoms with Crippen LogP contribution in [0.15, 0.2) is 114 Å². The van der Waals surface area contributed by atoms with Crippen molar-refractivity contribution in [2.45, 2.75) is 76.2 Å². The molecule has 0 saturated heterocycles. The van der Waals surface area contributed by atoms with Crippen molar-refractivity contribution in [3.05, 3.63) is 130 Å². The molecule has 15 heteroatoms. The van der Waals surface area contributed by atoms with Gasteiger partial charge in [0.05, 0.1) is 29.7 Å². The number of unbranched alkanes of at least 4 members (excludes halogenated alkanes) is 2. The molecular formula is C49H56N4O11. The van der Waals surface area contributed by atoms with Gasteiger partial charge in [-0.1, -0.05) is 72.6 Å². The van der Waals surface area contributed by atoms with Gasteiger partial charge >= 0.3 is 12.2 Å². The lowest BCUT2D eigenvalue weighted by Crippen LogP contribution is -2.70. The Morgan fingerprint density at radius 2 is 1.72 bits per heavy atom. The third-order valence-electron chi connectivity index (χ3n) is 12.5. The maximum atomic E-state index is 15.1. The first-order valence-corrected chi connectivity index (χ1v) is 21.9. The first-order valence-electron chi connectivity index (χ1n) is 21.9. The predicted molar refractivity (Wildman–Crippen MR) is 240 cm³/mol. The molecule has 64 heavy (non-hydrogen) atoms. The van der Waals surface area contributed by atoms with Gasteiger partial charge in [0.25, 0.3) is 5.69 Å². The smallest absolute Gasteiger partial charge is 0.416 e. The van der Waals surface area contributed by atoms with Crippen LogP contribution < -0.4 is 19.5 Å². The molecule has 3 N–H and O–H groups in total. The average Bonchev–Trinajstić information content (AvgIpc) is 3.29. The molecule has 0 radical (unpaired) electrons. The molecule has 3 aliphatic rings. The van der Waals surface area contributed by atoms with Crippen LogP contribution in [-0.2, 0) is 16.1 Å². The summed E-state index contributed by atoms with van der Waals surface area (Å²) < 4.78 is 26.3. The molecule has 0 spiro atoms. The van der Waals surface area contributed by atoms with Crippen molar-refractivity contribution >= 4 is 34.4 Å². The van der Waals surface area contributed by atoms with E-state index in [4.69, 9.17) is 23.8 Å². The summed E-state index contributed by atoms with van der Waals surface area (Å²) in [5.41, 5.74) is 2.85. The van der Waals surface area contributed by atoms with Gasteiger partial charge in [-0.2, -0.15) is 0 Å². The van der Waals surface area contributed by atoms with Crippen LogP contribution >= 0.6 is 0 Å². The number of rotatable bonds is 19. The largest absolute Gasteiger partial charge is 0.459 e. The van der Waals surface area contributed by atoms with Crippen LogP contribution in [0, 0.1) is 27.9 Å². The molecule has 1 aliphatic heterocycles. The molecule has 1 heterocycles. The number of non-ortho nitro benzene ring substituents is 1. The Morgan fingerprint density at radius 1 is 0.984 bits per heavy atom. The first kappa shape index (κ1) is 45.7. The molecule has 0 aromatic heterocycles. The molecule has 7 rings (SSSR count). The third kappa shape index (κ3) is 9.61. The highest BCUT2D eigenvalue weighted by atomic mass is 16.7. The number of ether oxygens (including phenoxy) is 4. The Labute approximate surface area is 372 Å². The molecule has 4 aromatic rings. The standard InChI is InChI=1S/C49H56N4O11/c1-4-27-61-49-44(52(31-34-16-12-15-32-13-6-7-17-38(32)34)48(57)63-36-21-19-35(20-22-36)53(58)59)30-42(51-60-3)40-28-33(14-8-10-25-54)39(18-9-11-26-55)45(46(40)49)41-29-37(23-24-43(41)64-49)62-47(56)50-5-2/h4,6-7,12-13,15-17,19-24,28-29,33,39,44-46,54-55H,1,5,8-11,14,18,25-27,30-31H2,2-3H3,(H,50,56)/t33-,39+,44-,45+,46+,49+/m0/s1. The Hall–Kier alpha value is -6.29. The van der Waals surface area contributed by atoms with Gasteiger partial charge in [-0.3, -0.25) is 15.0 Å². The second-order valence-corrected chi connectivity index (χ2v) is 16.3. The van der Waals surface area contributed by atoms with Crippen LogP contribution in [0.1, 0.15) is 68.9 Å². The molecule has 1 fully saturated rings. The number of aliphatic hydroxyl groups is 2. The molecule has 0 unspecified atom stereocenters. The van der Waals surface area contributed by atoms with Crippen LogP contribution in [0.4, 0.5) is 15.3 Å². The molecule has 2 aliphatic carbocycles. The minimum Gasteiger partial charge on any atom is -0.459 e. The molecule has 2 amide bonds. The molecule has 1 saturated carbocycles. The highest BCUT2D eigenvalue weighted by Crippen LogP contribution is 2.62. The molecule has 4 aromatic carbocycles. The first-order chi connectivity index (χ1) is 31.2. The van der Waals surface area contributed by atoms with Gasteiger partial charge in [-0.05, 0) is 96.7 Å². The SMILES string of the molecule is C=CCO[C@@]12Oc3ccc(OC(=O)NCC)cc3[C@H]3[C@H](CCCCO)[C@@H](CCCCO)C=C(C(=NOC)C[C@@H]1N(Cc1cccc4ccccc14)C(=O)Oc1ccc([N+](=O)[O-])cc1)[C@H]32. The average molecular weight is 877 g/mol. The molecular weight excluding hydrogens is 821 g/mol. The topological polar surface area (TPSA) is 192 Å². The van der Waals surface area contributed by atoms with Gasteiger partial charge in [-0.15, -0.1) is 6.58 Å². The molecule has 15 nitrogen and oxygen atoms in total. The number of nitro benzene ring substituents is 1. The number of aliphatic hydroxyl groups excluding tert-OH is 2. The summed E-state index contributed by atoms with van der Waals surface area (Å²) in [4.78, 5) is 46.1. The highest BCUT2D eigenvalue weighted by molar-refractivity contribution is 6.03. The molecule has 338 valence electrons. The van der Waals surface area contributed by atoms with E-state index < -0.39 is 34.9 Å². The lowest BCUT2D eigenvalue weighted by molar-refractivity contribution is -0.384. The van der Waals surface area contributed by atoms with Crippen molar-refractivity contribution in [2.75, 3.05) is 33.5 Å². The monoisotopic (exact) mass is 876 g/mol. The highest BCUT2D eigenvalue weighted by Gasteiger charge is 2.65. The zero-order valence-corrected chi connectivity index (χ0v) is 36.2. The van der Waals surface area contributed by atoms with Gasteiger partial charge in [0.2, 0.25) is 5.79 Å². The van der Waals surface area contributed by atoms with Crippen LogP contribution in [0.25, 0.3) is 10.8 Å². The normalized spacial score (nSPS) is 22.6. The third-order valence-corrected chi connectivity index (χ3v) is 12.5. The van der Waals surface area contributed by atoms with E-state index in [-0.39, 0.29) is 62.0 Å². The van der Waals surface area contributed by atoms with Gasteiger partial charge in [0.15, 0.2) is 0 Å². The summed E-state index contributed by atoms with van der Waals surface area (Å²) in [7, 11) is 1.48. The second kappa shape index (κ2) is 20.9. The van der Waals surface area contributed by atoms with E-state index >= 15 is 4.79 Å². The zero-order valence-electron chi connectivity index (χ0n) is 36.2. The maximum absolute atomic E-state index is 15.1. The van der Waals surface area contributed by atoms with E-state index in [0.717, 1.165) is 40.3 Å². The van der Waals surface area contributed by atoms with Crippen LogP contribution in [0.2, 0.25) is 0 Å². The van der Waals surface area contributed by atoms with Gasteiger partial charge in [-0.25, -0.2) is 9.59 Å². The Morgan fingerprint density at radius 3 is 2.44 bits per heavy atom. The summed E-state index contributed by atoms with van der Waals surface area (Å²) >= 11 is 0. The van der Waals surface area contributed by atoms with E-state index in [1.165, 1.54) is 31.4 Å². The number of nitrogens with one attached hydrogen (secondary N) is 1. The number of fused-ring (bicyclic) bond motifs is 3. The number of hydrogen-bond donors (Lipinski definition) is 3. The van der Waals surface area contributed by atoms with E-state index in [9.17, 15) is 25.1 Å². The van der Waals surface area contributed by atoms with E-state index in [0.29, 0.717) is 49.4 Å². The number of hydrogen-bond acceptors (Lipinski definition) is 12. The number of carbonyl (C=O) groups is 2. The van der Waals surface area contributed by atoms with Gasteiger partial charge in [0, 0.05) is 49.8 Å². The fourth-order valence-electron chi connectivity index (χ4n) is 9.82. The lowest BCUT2D eigenvalue weighted by atomic mass is 9.55. The van der Waals surface area contributed by atoms with Gasteiger partial charge < -0.3 is 39.3 Å². The summed E-state index contributed by atoms with van der Waals surface area (Å²) in [5, 5.41) is 40.6. The Bertz CT molecular complexity index is 2360. The van der Waals surface area contributed by atoms with Gasteiger partial charge in [0.1, 0.15) is 30.4 Å². The van der Waals surface area contributed by atoms with Crippen molar-refractivity contribution in [2.24, 2.45) is 22.9 Å².